The first kappa shape index (κ1) is 15.4. The summed E-state index contributed by atoms with van der Waals surface area (Å²) in [5, 5.41) is 3.33. The summed E-state index contributed by atoms with van der Waals surface area (Å²) in [5.74, 6) is -0.651. The molecule has 1 aromatic heterocycles. The van der Waals surface area contributed by atoms with Crippen molar-refractivity contribution in [3.05, 3.63) is 82.1 Å². The number of nitrogens with zero attached hydrogens (tertiary/aromatic N) is 1. The van der Waals surface area contributed by atoms with Gasteiger partial charge in [0.2, 0.25) is 0 Å². The maximum absolute atomic E-state index is 12.9. The maximum atomic E-state index is 12.9. The van der Waals surface area contributed by atoms with E-state index in [4.69, 9.17) is 0 Å². The molecule has 2 aromatic carbocycles. The summed E-state index contributed by atoms with van der Waals surface area (Å²) >= 11 is 1.46. The van der Waals surface area contributed by atoms with Gasteiger partial charge in [-0.3, -0.25) is 10.1 Å². The largest absolute Gasteiger partial charge is 0.298 e. The molecule has 0 atom stereocenters. The highest BCUT2D eigenvalue weighted by atomic mass is 32.1. The predicted molar refractivity (Wildman–Crippen MR) is 90.5 cm³/mol. The summed E-state index contributed by atoms with van der Waals surface area (Å²) in [5.41, 5.74) is 2.52. The summed E-state index contributed by atoms with van der Waals surface area (Å²) in [6.45, 7) is 1.93. The van der Waals surface area contributed by atoms with Gasteiger partial charge in [0.1, 0.15) is 5.82 Å². The molecule has 1 amide bonds. The molecule has 0 saturated heterocycles. The van der Waals surface area contributed by atoms with Crippen molar-refractivity contribution in [3.8, 4) is 0 Å². The Morgan fingerprint density at radius 1 is 1.13 bits per heavy atom. The van der Waals surface area contributed by atoms with E-state index in [-0.39, 0.29) is 11.7 Å². The summed E-state index contributed by atoms with van der Waals surface area (Å²) in [6, 6.07) is 15.6. The van der Waals surface area contributed by atoms with E-state index in [1.807, 2.05) is 25.1 Å². The van der Waals surface area contributed by atoms with Crippen LogP contribution in [0.3, 0.4) is 0 Å². The minimum absolute atomic E-state index is 0.287. The quantitative estimate of drug-likeness (QED) is 0.770. The molecule has 3 nitrogen and oxygen atoms in total. The molecule has 0 spiro atoms. The highest BCUT2D eigenvalue weighted by Gasteiger charge is 2.12. The van der Waals surface area contributed by atoms with E-state index in [2.05, 4.69) is 22.4 Å². The fourth-order valence-electron chi connectivity index (χ4n) is 2.20. The van der Waals surface area contributed by atoms with Gasteiger partial charge in [0, 0.05) is 16.9 Å². The Morgan fingerprint density at radius 2 is 1.83 bits per heavy atom. The van der Waals surface area contributed by atoms with Crippen LogP contribution in [-0.2, 0) is 6.42 Å². The molecular weight excluding hydrogens is 311 g/mol. The lowest BCUT2D eigenvalue weighted by atomic mass is 10.1. The van der Waals surface area contributed by atoms with E-state index in [9.17, 15) is 9.18 Å². The minimum atomic E-state index is -0.364. The number of nitrogens with one attached hydrogen (secondary N) is 1. The molecule has 0 aliphatic heterocycles. The van der Waals surface area contributed by atoms with Crippen molar-refractivity contribution in [1.29, 1.82) is 0 Å². The number of carbonyl (C=O) groups is 1. The van der Waals surface area contributed by atoms with Gasteiger partial charge in [-0.05, 0) is 36.8 Å². The van der Waals surface area contributed by atoms with Gasteiger partial charge in [0.15, 0.2) is 5.13 Å². The normalized spacial score (nSPS) is 10.5. The van der Waals surface area contributed by atoms with Crippen LogP contribution in [0, 0.1) is 12.7 Å². The zero-order valence-corrected chi connectivity index (χ0v) is 13.4. The standard InChI is InChI=1S/C18H15FN2OS/c1-12-16(11-13-5-3-2-4-6-13)23-18(20-12)21-17(22)14-7-9-15(19)10-8-14/h2-10H,11H2,1H3,(H,20,21,22). The molecule has 3 rings (SSSR count). The molecule has 116 valence electrons. The number of amides is 1. The second-order valence-corrected chi connectivity index (χ2v) is 6.23. The molecule has 0 aliphatic rings. The van der Waals surface area contributed by atoms with Crippen LogP contribution in [0.1, 0.15) is 26.5 Å². The van der Waals surface area contributed by atoms with Crippen molar-refractivity contribution in [2.45, 2.75) is 13.3 Å². The molecule has 0 fully saturated rings. The third-order valence-corrected chi connectivity index (χ3v) is 4.50. The number of hydrogen-bond acceptors (Lipinski definition) is 3. The van der Waals surface area contributed by atoms with Crippen LogP contribution in [0.25, 0.3) is 0 Å². The van der Waals surface area contributed by atoms with E-state index >= 15 is 0 Å². The first-order valence-electron chi connectivity index (χ1n) is 7.19. The van der Waals surface area contributed by atoms with E-state index in [1.165, 1.54) is 41.2 Å². The lowest BCUT2D eigenvalue weighted by Gasteiger charge is -2.01. The van der Waals surface area contributed by atoms with Crippen molar-refractivity contribution in [2.75, 3.05) is 5.32 Å². The van der Waals surface area contributed by atoms with Gasteiger partial charge in [0.25, 0.3) is 5.91 Å². The van der Waals surface area contributed by atoms with Crippen LogP contribution in [-0.4, -0.2) is 10.9 Å². The number of aryl methyl sites for hydroxylation is 1. The molecule has 0 bridgehead atoms. The molecule has 0 saturated carbocycles. The van der Waals surface area contributed by atoms with Crippen LogP contribution >= 0.6 is 11.3 Å². The predicted octanol–water partition coefficient (Wildman–Crippen LogP) is 4.43. The molecular formula is C18H15FN2OS. The van der Waals surface area contributed by atoms with Gasteiger partial charge in [-0.15, -0.1) is 11.3 Å². The SMILES string of the molecule is Cc1nc(NC(=O)c2ccc(F)cc2)sc1Cc1ccccc1. The number of halogens is 1. The van der Waals surface area contributed by atoms with Gasteiger partial charge in [0.05, 0.1) is 5.69 Å². The van der Waals surface area contributed by atoms with E-state index in [1.54, 1.807) is 0 Å². The monoisotopic (exact) mass is 326 g/mol. The number of benzene rings is 2. The Morgan fingerprint density at radius 3 is 2.52 bits per heavy atom. The molecule has 23 heavy (non-hydrogen) atoms. The van der Waals surface area contributed by atoms with Crippen LogP contribution < -0.4 is 5.32 Å². The van der Waals surface area contributed by atoms with Crippen molar-refractivity contribution >= 4 is 22.4 Å². The second-order valence-electron chi connectivity index (χ2n) is 5.15. The smallest absolute Gasteiger partial charge is 0.257 e. The number of aromatic nitrogens is 1. The summed E-state index contributed by atoms with van der Waals surface area (Å²) in [6.07, 6.45) is 0.788. The fourth-order valence-corrected chi connectivity index (χ4v) is 3.19. The van der Waals surface area contributed by atoms with Crippen molar-refractivity contribution < 1.29 is 9.18 Å². The topological polar surface area (TPSA) is 42.0 Å². The van der Waals surface area contributed by atoms with Gasteiger partial charge in [-0.2, -0.15) is 0 Å². The van der Waals surface area contributed by atoms with Crippen LogP contribution in [0.4, 0.5) is 9.52 Å². The Labute approximate surface area is 137 Å². The molecule has 0 radical (unpaired) electrons. The molecule has 0 unspecified atom stereocenters. The van der Waals surface area contributed by atoms with E-state index in [0.29, 0.717) is 10.7 Å². The van der Waals surface area contributed by atoms with E-state index in [0.717, 1.165) is 17.0 Å². The lowest BCUT2D eigenvalue weighted by molar-refractivity contribution is 0.102. The number of rotatable bonds is 4. The number of carbonyl (C=O) groups excluding carboxylic acids is 1. The Kier molecular flexibility index (Phi) is 4.48. The lowest BCUT2D eigenvalue weighted by Crippen LogP contribution is -2.11. The number of anilines is 1. The third kappa shape index (κ3) is 3.81. The first-order valence-corrected chi connectivity index (χ1v) is 8.00. The molecule has 1 N–H and O–H groups in total. The average Bonchev–Trinajstić information content (AvgIpc) is 2.88. The number of thiazole rings is 1. The zero-order chi connectivity index (χ0) is 16.2. The van der Waals surface area contributed by atoms with Crippen molar-refractivity contribution in [1.82, 2.24) is 4.98 Å². The highest BCUT2D eigenvalue weighted by Crippen LogP contribution is 2.25. The fraction of sp³-hybridized carbons (Fsp3) is 0.111. The summed E-state index contributed by atoms with van der Waals surface area (Å²) in [4.78, 5) is 17.7. The molecule has 0 aliphatic carbocycles. The van der Waals surface area contributed by atoms with Crippen molar-refractivity contribution in [2.24, 2.45) is 0 Å². The van der Waals surface area contributed by atoms with Crippen LogP contribution in [0.2, 0.25) is 0 Å². The Bertz CT molecular complexity index is 813. The first-order chi connectivity index (χ1) is 11.1. The van der Waals surface area contributed by atoms with Crippen molar-refractivity contribution in [3.63, 3.8) is 0 Å². The molecule has 3 aromatic rings. The summed E-state index contributed by atoms with van der Waals surface area (Å²) < 4.78 is 12.9. The van der Waals surface area contributed by atoms with Crippen LogP contribution in [0.5, 0.6) is 0 Å². The van der Waals surface area contributed by atoms with Crippen LogP contribution in [0.15, 0.2) is 54.6 Å². The third-order valence-electron chi connectivity index (χ3n) is 3.43. The molecule has 5 heteroatoms. The zero-order valence-electron chi connectivity index (χ0n) is 12.5. The second kappa shape index (κ2) is 6.71. The molecule has 1 heterocycles. The highest BCUT2D eigenvalue weighted by molar-refractivity contribution is 7.15. The minimum Gasteiger partial charge on any atom is -0.298 e. The Balaban J connectivity index is 1.73. The van der Waals surface area contributed by atoms with Gasteiger partial charge in [-0.1, -0.05) is 30.3 Å². The maximum Gasteiger partial charge on any atom is 0.257 e. The average molecular weight is 326 g/mol. The van der Waals surface area contributed by atoms with Gasteiger partial charge < -0.3 is 0 Å². The number of hydrogen-bond donors (Lipinski definition) is 1. The van der Waals surface area contributed by atoms with Gasteiger partial charge in [-0.25, -0.2) is 9.37 Å². The van der Waals surface area contributed by atoms with E-state index < -0.39 is 0 Å². The summed E-state index contributed by atoms with van der Waals surface area (Å²) in [7, 11) is 0. The Hall–Kier alpha value is -2.53. The van der Waals surface area contributed by atoms with Gasteiger partial charge >= 0.3 is 0 Å².